The van der Waals surface area contributed by atoms with Gasteiger partial charge in [-0.3, -0.25) is 14.5 Å². The second kappa shape index (κ2) is 12.2. The molecule has 0 aliphatic carbocycles. The van der Waals surface area contributed by atoms with Crippen molar-refractivity contribution < 1.29 is 22.8 Å². The van der Waals surface area contributed by atoms with Crippen LogP contribution in [0.25, 0.3) is 16.9 Å². The number of amides is 2. The molecule has 1 atom stereocenters. The number of benzene rings is 4. The Morgan fingerprint density at radius 2 is 1.56 bits per heavy atom. The maximum absolute atomic E-state index is 15.3. The lowest BCUT2D eigenvalue weighted by Gasteiger charge is -2.23. The molecule has 0 radical (unpaired) electrons. The lowest BCUT2D eigenvalue weighted by atomic mass is 9.99. The Hall–Kier alpha value is -4.83. The molecule has 216 valence electrons. The average molecular weight is 599 g/mol. The zero-order valence-electron chi connectivity index (χ0n) is 22.7. The Morgan fingerprint density at radius 3 is 2.26 bits per heavy atom. The largest absolute Gasteiger partial charge is 0.350 e. The van der Waals surface area contributed by atoms with Crippen molar-refractivity contribution in [2.45, 2.75) is 11.8 Å². The maximum Gasteiger partial charge on any atom is 0.240 e. The molecule has 1 aliphatic rings. The number of para-hydroxylation sites is 1. The zero-order chi connectivity index (χ0) is 29.9. The summed E-state index contributed by atoms with van der Waals surface area (Å²) < 4.78 is 44.2. The fourth-order valence-corrected chi connectivity index (χ4v) is 6.26. The third-order valence-electron chi connectivity index (χ3n) is 7.09. The van der Waals surface area contributed by atoms with Crippen LogP contribution in [0, 0.1) is 17.5 Å². The fraction of sp³-hybridized carbons (Fsp3) is 0.121. The summed E-state index contributed by atoms with van der Waals surface area (Å²) in [6.45, 7) is -0.196. The van der Waals surface area contributed by atoms with Gasteiger partial charge in [0.05, 0.1) is 22.4 Å². The van der Waals surface area contributed by atoms with E-state index in [9.17, 15) is 18.4 Å². The number of nitrogens with one attached hydrogen (secondary N) is 1. The van der Waals surface area contributed by atoms with Crippen LogP contribution in [0.4, 0.5) is 19.0 Å². The van der Waals surface area contributed by atoms with Crippen molar-refractivity contribution in [3.63, 3.8) is 0 Å². The predicted octanol–water partition coefficient (Wildman–Crippen LogP) is 6.44. The van der Waals surface area contributed by atoms with Crippen LogP contribution in [0.3, 0.4) is 0 Å². The van der Waals surface area contributed by atoms with Crippen LogP contribution in [0.5, 0.6) is 0 Å². The van der Waals surface area contributed by atoms with Crippen molar-refractivity contribution >= 4 is 29.4 Å². The summed E-state index contributed by atoms with van der Waals surface area (Å²) >= 11 is 1.19. The van der Waals surface area contributed by atoms with E-state index >= 15 is 4.39 Å². The first kappa shape index (κ1) is 28.3. The number of thioether (sulfide) groups is 1. The Kier molecular flexibility index (Phi) is 8.02. The topological polar surface area (TPSA) is 67.2 Å². The molecule has 10 heteroatoms. The highest BCUT2D eigenvalue weighted by molar-refractivity contribution is 8.00. The Morgan fingerprint density at radius 1 is 0.884 bits per heavy atom. The minimum Gasteiger partial charge on any atom is -0.350 e. The number of anilines is 1. The zero-order valence-corrected chi connectivity index (χ0v) is 23.5. The van der Waals surface area contributed by atoms with Gasteiger partial charge in [0, 0.05) is 29.3 Å². The molecule has 5 aromatic rings. The SMILES string of the molecule is O=C(CN1C(=O)CS[C@H](c2ccc(F)cc2F)c2c(-c3ccccc3)nn(-c3ccccc3)c21)NCc1ccc(F)cc1. The van der Waals surface area contributed by atoms with Crippen LogP contribution in [0.15, 0.2) is 103 Å². The van der Waals surface area contributed by atoms with Crippen LogP contribution in [-0.2, 0) is 16.1 Å². The van der Waals surface area contributed by atoms with E-state index < -0.39 is 22.8 Å². The van der Waals surface area contributed by atoms with Crippen molar-refractivity contribution in [2.24, 2.45) is 0 Å². The summed E-state index contributed by atoms with van der Waals surface area (Å²) in [5, 5.41) is 7.00. The first-order valence-electron chi connectivity index (χ1n) is 13.5. The van der Waals surface area contributed by atoms with Crippen LogP contribution >= 0.6 is 11.8 Å². The van der Waals surface area contributed by atoms with E-state index in [1.807, 2.05) is 60.7 Å². The summed E-state index contributed by atoms with van der Waals surface area (Å²) in [6.07, 6.45) is 0. The van der Waals surface area contributed by atoms with Gasteiger partial charge in [0.2, 0.25) is 11.8 Å². The van der Waals surface area contributed by atoms with E-state index in [2.05, 4.69) is 5.32 Å². The quantitative estimate of drug-likeness (QED) is 0.234. The Bertz CT molecular complexity index is 1780. The Balaban J connectivity index is 1.50. The van der Waals surface area contributed by atoms with Gasteiger partial charge in [0.25, 0.3) is 0 Å². The average Bonchev–Trinajstić information content (AvgIpc) is 3.35. The van der Waals surface area contributed by atoms with Gasteiger partial charge in [-0.2, -0.15) is 5.10 Å². The monoisotopic (exact) mass is 598 g/mol. The molecular weight excluding hydrogens is 573 g/mol. The second-order valence-electron chi connectivity index (χ2n) is 9.94. The molecule has 1 aromatic heterocycles. The summed E-state index contributed by atoms with van der Waals surface area (Å²) in [4.78, 5) is 28.4. The number of hydrogen-bond acceptors (Lipinski definition) is 4. The molecule has 2 heterocycles. The molecule has 0 unspecified atom stereocenters. The minimum absolute atomic E-state index is 0.0651. The van der Waals surface area contributed by atoms with Crippen LogP contribution in [0.2, 0.25) is 0 Å². The summed E-state index contributed by atoms with van der Waals surface area (Å²) in [6, 6.07) is 27.6. The van der Waals surface area contributed by atoms with Gasteiger partial charge in [0.1, 0.15) is 29.8 Å². The van der Waals surface area contributed by atoms with E-state index in [0.717, 1.165) is 11.6 Å². The summed E-state index contributed by atoms with van der Waals surface area (Å²) in [5.74, 6) is -2.39. The van der Waals surface area contributed by atoms with E-state index in [0.29, 0.717) is 28.3 Å². The lowest BCUT2D eigenvalue weighted by molar-refractivity contribution is -0.123. The van der Waals surface area contributed by atoms with Crippen LogP contribution in [-0.4, -0.2) is 33.9 Å². The minimum atomic E-state index is -0.743. The molecule has 1 N–H and O–H groups in total. The molecule has 6 rings (SSSR count). The molecule has 1 aliphatic heterocycles. The highest BCUT2D eigenvalue weighted by atomic mass is 32.2. The number of aromatic nitrogens is 2. The number of rotatable bonds is 7. The third-order valence-corrected chi connectivity index (χ3v) is 8.32. The van der Waals surface area contributed by atoms with E-state index in [1.54, 1.807) is 16.8 Å². The molecule has 0 spiro atoms. The van der Waals surface area contributed by atoms with Gasteiger partial charge in [-0.25, -0.2) is 17.9 Å². The first-order valence-corrected chi connectivity index (χ1v) is 14.6. The molecule has 0 bridgehead atoms. The molecule has 6 nitrogen and oxygen atoms in total. The number of fused-ring (bicyclic) bond motifs is 1. The Labute approximate surface area is 250 Å². The van der Waals surface area contributed by atoms with Crippen molar-refractivity contribution in [1.82, 2.24) is 15.1 Å². The highest BCUT2D eigenvalue weighted by Crippen LogP contribution is 2.49. The van der Waals surface area contributed by atoms with Crippen LogP contribution < -0.4 is 10.2 Å². The molecule has 4 aromatic carbocycles. The molecular formula is C33H25F3N4O2S. The molecule has 2 amide bonds. The lowest BCUT2D eigenvalue weighted by Crippen LogP contribution is -2.42. The summed E-state index contributed by atoms with van der Waals surface area (Å²) in [5.41, 5.74) is 3.30. The van der Waals surface area contributed by atoms with Gasteiger partial charge >= 0.3 is 0 Å². The van der Waals surface area contributed by atoms with Crippen molar-refractivity contribution in [2.75, 3.05) is 17.2 Å². The smallest absolute Gasteiger partial charge is 0.240 e. The van der Waals surface area contributed by atoms with Crippen LogP contribution in [0.1, 0.15) is 21.9 Å². The number of carbonyl (C=O) groups is 2. The number of nitrogens with zero attached hydrogens (tertiary/aromatic N) is 3. The molecule has 0 saturated heterocycles. The molecule has 0 fully saturated rings. The van der Waals surface area contributed by atoms with Gasteiger partial charge in [-0.1, -0.05) is 66.7 Å². The van der Waals surface area contributed by atoms with Gasteiger partial charge in [-0.05, 0) is 35.9 Å². The number of carbonyl (C=O) groups excluding carboxylic acids is 2. The molecule has 0 saturated carbocycles. The third kappa shape index (κ3) is 5.91. The number of hydrogen-bond donors (Lipinski definition) is 1. The standard InChI is InChI=1S/C33H25F3N4O2S/c34-23-13-11-21(12-14-23)18-37-28(41)19-39-29(42)20-43-32(26-16-15-24(35)17-27(26)36)30-31(22-7-3-1-4-8-22)38-40(33(30)39)25-9-5-2-6-10-25/h1-17,32H,18-20H2,(H,37,41)/t32-/m1/s1. The van der Waals surface area contributed by atoms with Crippen molar-refractivity contribution in [1.29, 1.82) is 0 Å². The maximum atomic E-state index is 15.3. The van der Waals surface area contributed by atoms with Gasteiger partial charge < -0.3 is 5.32 Å². The second-order valence-corrected chi connectivity index (χ2v) is 11.0. The predicted molar refractivity (Wildman–Crippen MR) is 160 cm³/mol. The van der Waals surface area contributed by atoms with Gasteiger partial charge in [0.15, 0.2) is 0 Å². The van der Waals surface area contributed by atoms with Crippen molar-refractivity contribution in [3.05, 3.63) is 137 Å². The normalized spacial score (nSPS) is 14.7. The fourth-order valence-electron chi connectivity index (χ4n) is 5.04. The van der Waals surface area contributed by atoms with E-state index in [1.165, 1.54) is 40.9 Å². The summed E-state index contributed by atoms with van der Waals surface area (Å²) in [7, 11) is 0. The first-order chi connectivity index (χ1) is 20.9. The molecule has 43 heavy (non-hydrogen) atoms. The van der Waals surface area contributed by atoms with E-state index in [-0.39, 0.29) is 36.1 Å². The van der Waals surface area contributed by atoms with Gasteiger partial charge in [-0.15, -0.1) is 11.8 Å². The number of halogens is 3. The highest BCUT2D eigenvalue weighted by Gasteiger charge is 2.38. The van der Waals surface area contributed by atoms with Crippen molar-refractivity contribution in [3.8, 4) is 16.9 Å². The van der Waals surface area contributed by atoms with E-state index in [4.69, 9.17) is 5.10 Å².